The lowest BCUT2D eigenvalue weighted by Crippen LogP contribution is -2.33. The molecule has 0 fully saturated rings. The highest BCUT2D eigenvalue weighted by molar-refractivity contribution is 7.47. The molecular weight excluding hydrogens is 753 g/mol. The molecule has 0 amide bonds. The molecule has 0 aliphatic rings. The SMILES string of the molecule is CCCCC/C=C\C/C=C\C/C=C\C/C=C\C/C=C\CCC(=O)OC(COC(=O)CCCCCCCCCCCCCCCCC)COP(=O)(O)OCC(N)C(C)=O. The molecule has 0 aromatic heterocycles. The van der Waals surface area contributed by atoms with E-state index in [1.54, 1.807) is 0 Å². The zero-order valence-corrected chi connectivity index (χ0v) is 37.6. The second kappa shape index (κ2) is 41.1. The summed E-state index contributed by atoms with van der Waals surface area (Å²) in [6.45, 7) is 4.30. The molecule has 0 rings (SSSR count). The van der Waals surface area contributed by atoms with Crippen LogP contribution in [0.5, 0.6) is 0 Å². The summed E-state index contributed by atoms with van der Waals surface area (Å²) in [5.74, 6) is -1.42. The Balaban J connectivity index is 4.48. The summed E-state index contributed by atoms with van der Waals surface area (Å²) in [6, 6.07) is -1.09. The maximum atomic E-state index is 12.6. The number of hydrogen-bond donors (Lipinski definition) is 2. The minimum atomic E-state index is -4.63. The molecule has 3 unspecified atom stereocenters. The fourth-order valence-corrected chi connectivity index (χ4v) is 6.58. The molecule has 0 radical (unpaired) electrons. The lowest BCUT2D eigenvalue weighted by Gasteiger charge is -2.20. The van der Waals surface area contributed by atoms with Crippen LogP contribution < -0.4 is 5.73 Å². The standard InChI is InChI=1S/C47H82NO9P/c1-4-6-8-10-12-14-16-18-20-21-22-23-25-27-29-31-33-35-37-39-47(51)57-44(41-55-58(52,53)56-42-45(48)43(3)49)40-54-46(50)38-36-34-32-30-28-26-24-19-17-15-13-11-9-7-5-2/h12,14,18,20,22-23,27,29,33,35,44-45H,4-11,13,15-17,19,21,24-26,28,30-32,34,36-42,48H2,1-3H3,(H,52,53)/b14-12-,20-18-,23-22-,29-27-,35-33-. The zero-order chi connectivity index (χ0) is 42.8. The van der Waals surface area contributed by atoms with Gasteiger partial charge in [0.1, 0.15) is 12.4 Å². The average Bonchev–Trinajstić information content (AvgIpc) is 3.20. The van der Waals surface area contributed by atoms with Gasteiger partial charge in [-0.15, -0.1) is 0 Å². The second-order valence-electron chi connectivity index (χ2n) is 15.1. The van der Waals surface area contributed by atoms with Gasteiger partial charge in [0.2, 0.25) is 0 Å². The van der Waals surface area contributed by atoms with Gasteiger partial charge in [0.15, 0.2) is 6.10 Å². The molecule has 0 bridgehead atoms. The van der Waals surface area contributed by atoms with Crippen LogP contribution in [0.25, 0.3) is 0 Å². The van der Waals surface area contributed by atoms with Gasteiger partial charge in [-0.1, -0.05) is 177 Å². The van der Waals surface area contributed by atoms with E-state index in [4.69, 9.17) is 24.3 Å². The van der Waals surface area contributed by atoms with Crippen molar-refractivity contribution >= 4 is 25.5 Å². The average molecular weight is 836 g/mol. The van der Waals surface area contributed by atoms with E-state index in [0.717, 1.165) is 44.9 Å². The Hall–Kier alpha value is -2.62. The van der Waals surface area contributed by atoms with E-state index in [2.05, 4.69) is 62.5 Å². The van der Waals surface area contributed by atoms with E-state index >= 15 is 0 Å². The van der Waals surface area contributed by atoms with Crippen molar-refractivity contribution in [2.75, 3.05) is 19.8 Å². The highest BCUT2D eigenvalue weighted by Gasteiger charge is 2.27. The van der Waals surface area contributed by atoms with Gasteiger partial charge in [0, 0.05) is 12.8 Å². The van der Waals surface area contributed by atoms with Gasteiger partial charge in [-0.2, -0.15) is 0 Å². The first-order chi connectivity index (χ1) is 28.1. The maximum absolute atomic E-state index is 12.6. The number of hydrogen-bond acceptors (Lipinski definition) is 9. The Morgan fingerprint density at radius 3 is 1.43 bits per heavy atom. The van der Waals surface area contributed by atoms with E-state index in [-0.39, 0.29) is 19.4 Å². The van der Waals surface area contributed by atoms with Crippen molar-refractivity contribution in [3.8, 4) is 0 Å². The third kappa shape index (κ3) is 40.2. The predicted molar refractivity (Wildman–Crippen MR) is 238 cm³/mol. The van der Waals surface area contributed by atoms with Gasteiger partial charge in [0.25, 0.3) is 0 Å². The first kappa shape index (κ1) is 55.4. The number of phosphoric ester groups is 1. The van der Waals surface area contributed by atoms with E-state index < -0.39 is 50.9 Å². The van der Waals surface area contributed by atoms with Gasteiger partial charge < -0.3 is 20.1 Å². The topological polar surface area (TPSA) is 151 Å². The highest BCUT2D eigenvalue weighted by atomic mass is 31.2. The summed E-state index contributed by atoms with van der Waals surface area (Å²) in [5, 5.41) is 0. The molecule has 3 N–H and O–H groups in total. The summed E-state index contributed by atoms with van der Waals surface area (Å²) >= 11 is 0. The van der Waals surface area contributed by atoms with Crippen LogP contribution in [0.15, 0.2) is 60.8 Å². The fraction of sp³-hybridized carbons (Fsp3) is 0.723. The molecule has 58 heavy (non-hydrogen) atoms. The van der Waals surface area contributed by atoms with Crippen LogP contribution in [0, 0.1) is 0 Å². The zero-order valence-electron chi connectivity index (χ0n) is 36.7. The fourth-order valence-electron chi connectivity index (χ4n) is 5.80. The predicted octanol–water partition coefficient (Wildman–Crippen LogP) is 12.5. The van der Waals surface area contributed by atoms with Crippen LogP contribution in [0.2, 0.25) is 0 Å². The summed E-state index contributed by atoms with van der Waals surface area (Å²) in [6.07, 6.45) is 47.7. The minimum Gasteiger partial charge on any atom is -0.462 e. The monoisotopic (exact) mass is 836 g/mol. The number of phosphoric acid groups is 1. The minimum absolute atomic E-state index is 0.0649. The largest absolute Gasteiger partial charge is 0.472 e. The van der Waals surface area contributed by atoms with E-state index in [9.17, 15) is 23.8 Å². The van der Waals surface area contributed by atoms with Crippen LogP contribution in [0.1, 0.15) is 188 Å². The molecule has 0 aliphatic carbocycles. The quantitative estimate of drug-likeness (QED) is 0.0263. The molecular formula is C47H82NO9P. The number of nitrogens with two attached hydrogens (primary N) is 1. The number of allylic oxidation sites excluding steroid dienone is 10. The van der Waals surface area contributed by atoms with Crippen molar-refractivity contribution < 1.29 is 42.4 Å². The molecule has 0 aromatic carbocycles. The Bertz CT molecular complexity index is 1210. The van der Waals surface area contributed by atoms with Crippen LogP contribution in [-0.4, -0.2) is 54.6 Å². The van der Waals surface area contributed by atoms with Crippen molar-refractivity contribution in [3.63, 3.8) is 0 Å². The van der Waals surface area contributed by atoms with Gasteiger partial charge >= 0.3 is 19.8 Å². The van der Waals surface area contributed by atoms with Gasteiger partial charge in [-0.05, 0) is 58.3 Å². The Morgan fingerprint density at radius 2 is 0.948 bits per heavy atom. The number of Topliss-reactive ketones (excluding diaryl/α,β-unsaturated/α-hetero) is 1. The molecule has 3 atom stereocenters. The third-order valence-corrected chi connectivity index (χ3v) is 10.4. The lowest BCUT2D eigenvalue weighted by atomic mass is 10.0. The van der Waals surface area contributed by atoms with Crippen molar-refractivity contribution in [1.82, 2.24) is 0 Å². The van der Waals surface area contributed by atoms with Crippen LogP contribution in [0.4, 0.5) is 0 Å². The second-order valence-corrected chi connectivity index (χ2v) is 16.6. The number of carbonyl (C=O) groups excluding carboxylic acids is 3. The number of esters is 2. The maximum Gasteiger partial charge on any atom is 0.472 e. The first-order valence-electron chi connectivity index (χ1n) is 22.6. The van der Waals surface area contributed by atoms with Crippen LogP contribution >= 0.6 is 7.82 Å². The number of ether oxygens (including phenoxy) is 2. The molecule has 334 valence electrons. The van der Waals surface area contributed by atoms with Crippen molar-refractivity contribution in [2.45, 2.75) is 200 Å². The molecule has 0 aliphatic heterocycles. The molecule has 0 heterocycles. The van der Waals surface area contributed by atoms with Crippen molar-refractivity contribution in [3.05, 3.63) is 60.8 Å². The molecule has 0 spiro atoms. The van der Waals surface area contributed by atoms with Crippen LogP contribution in [-0.2, 0) is 37.5 Å². The van der Waals surface area contributed by atoms with Crippen molar-refractivity contribution in [2.24, 2.45) is 5.73 Å². The number of ketones is 1. The number of rotatable bonds is 41. The molecule has 0 saturated heterocycles. The lowest BCUT2D eigenvalue weighted by molar-refractivity contribution is -0.161. The third-order valence-electron chi connectivity index (χ3n) is 9.49. The molecule has 11 heteroatoms. The Kier molecular flexibility index (Phi) is 39.3. The smallest absolute Gasteiger partial charge is 0.462 e. The first-order valence-corrected chi connectivity index (χ1v) is 24.1. The number of carbonyl (C=O) groups is 3. The van der Waals surface area contributed by atoms with Gasteiger partial charge in [0.05, 0.1) is 19.3 Å². The van der Waals surface area contributed by atoms with Crippen molar-refractivity contribution in [1.29, 1.82) is 0 Å². The summed E-state index contributed by atoms with van der Waals surface area (Å²) in [7, 11) is -4.63. The summed E-state index contributed by atoms with van der Waals surface area (Å²) < 4.78 is 33.0. The Labute approximate surface area is 353 Å². The molecule has 10 nitrogen and oxygen atoms in total. The van der Waals surface area contributed by atoms with Gasteiger partial charge in [-0.25, -0.2) is 4.57 Å². The number of unbranched alkanes of at least 4 members (excludes halogenated alkanes) is 17. The van der Waals surface area contributed by atoms with E-state index in [1.807, 2.05) is 12.2 Å². The van der Waals surface area contributed by atoms with E-state index in [1.165, 1.54) is 103 Å². The normalized spacial score (nSPS) is 14.3. The van der Waals surface area contributed by atoms with Gasteiger partial charge in [-0.3, -0.25) is 23.4 Å². The molecule has 0 aromatic rings. The van der Waals surface area contributed by atoms with Crippen LogP contribution in [0.3, 0.4) is 0 Å². The van der Waals surface area contributed by atoms with E-state index in [0.29, 0.717) is 12.8 Å². The molecule has 0 saturated carbocycles. The summed E-state index contributed by atoms with van der Waals surface area (Å²) in [5.41, 5.74) is 5.58. The Morgan fingerprint density at radius 1 is 0.534 bits per heavy atom. The summed E-state index contributed by atoms with van der Waals surface area (Å²) in [4.78, 5) is 46.5. The highest BCUT2D eigenvalue weighted by Crippen LogP contribution is 2.43.